The first kappa shape index (κ1) is 10.4. The van der Waals surface area contributed by atoms with Gasteiger partial charge in [-0.15, -0.1) is 0 Å². The molecule has 2 saturated heterocycles. The summed E-state index contributed by atoms with van der Waals surface area (Å²) in [4.78, 5) is 0. The van der Waals surface area contributed by atoms with Crippen molar-refractivity contribution in [2.24, 2.45) is 5.92 Å². The van der Waals surface area contributed by atoms with Gasteiger partial charge in [0, 0.05) is 19.1 Å². The molecule has 0 aromatic carbocycles. The summed E-state index contributed by atoms with van der Waals surface area (Å²) in [7, 11) is 0. The SMILES string of the molecule is CC1(C2CCOCC2)OCC(CO)O1. The van der Waals surface area contributed by atoms with Gasteiger partial charge in [0.05, 0.1) is 13.2 Å². The van der Waals surface area contributed by atoms with Crippen LogP contribution < -0.4 is 0 Å². The fourth-order valence-corrected chi connectivity index (χ4v) is 2.18. The first-order valence-corrected chi connectivity index (χ1v) is 5.25. The van der Waals surface area contributed by atoms with Crippen LogP contribution in [0.1, 0.15) is 19.8 Å². The Morgan fingerprint density at radius 3 is 2.64 bits per heavy atom. The zero-order chi connectivity index (χ0) is 10.0. The van der Waals surface area contributed by atoms with Crippen molar-refractivity contribution in [2.75, 3.05) is 26.4 Å². The first-order chi connectivity index (χ1) is 6.74. The third-order valence-corrected chi connectivity index (χ3v) is 3.12. The summed E-state index contributed by atoms with van der Waals surface area (Å²) in [6, 6.07) is 0. The van der Waals surface area contributed by atoms with E-state index in [-0.39, 0.29) is 12.7 Å². The van der Waals surface area contributed by atoms with Crippen molar-refractivity contribution in [3.8, 4) is 0 Å². The van der Waals surface area contributed by atoms with Crippen molar-refractivity contribution in [2.45, 2.75) is 31.7 Å². The topological polar surface area (TPSA) is 47.9 Å². The molecule has 14 heavy (non-hydrogen) atoms. The maximum atomic E-state index is 8.97. The highest BCUT2D eigenvalue weighted by Crippen LogP contribution is 2.36. The number of hydrogen-bond acceptors (Lipinski definition) is 4. The summed E-state index contributed by atoms with van der Waals surface area (Å²) in [6.07, 6.45) is 1.81. The fraction of sp³-hybridized carbons (Fsp3) is 1.00. The highest BCUT2D eigenvalue weighted by Gasteiger charge is 2.43. The molecule has 2 aliphatic heterocycles. The quantitative estimate of drug-likeness (QED) is 0.710. The maximum absolute atomic E-state index is 8.97. The monoisotopic (exact) mass is 202 g/mol. The average Bonchev–Trinajstić information content (AvgIpc) is 2.63. The van der Waals surface area contributed by atoms with Crippen LogP contribution in [-0.2, 0) is 14.2 Å². The Morgan fingerprint density at radius 1 is 1.36 bits per heavy atom. The molecule has 0 saturated carbocycles. The van der Waals surface area contributed by atoms with Crippen molar-refractivity contribution in [3.05, 3.63) is 0 Å². The molecule has 0 aromatic heterocycles. The lowest BCUT2D eigenvalue weighted by Gasteiger charge is -2.35. The minimum atomic E-state index is -0.503. The Balaban J connectivity index is 1.94. The van der Waals surface area contributed by atoms with Gasteiger partial charge in [-0.3, -0.25) is 0 Å². The molecule has 2 aliphatic rings. The molecule has 0 bridgehead atoms. The van der Waals surface area contributed by atoms with Crippen molar-refractivity contribution >= 4 is 0 Å². The van der Waals surface area contributed by atoms with E-state index in [9.17, 15) is 0 Å². The van der Waals surface area contributed by atoms with Crippen LogP contribution in [0.25, 0.3) is 0 Å². The summed E-state index contributed by atoms with van der Waals surface area (Å²) >= 11 is 0. The number of ether oxygens (including phenoxy) is 3. The second-order valence-electron chi connectivity index (χ2n) is 4.14. The van der Waals surface area contributed by atoms with Crippen molar-refractivity contribution < 1.29 is 19.3 Å². The lowest BCUT2D eigenvalue weighted by molar-refractivity contribution is -0.208. The Bertz CT molecular complexity index is 191. The minimum absolute atomic E-state index is 0.0405. The van der Waals surface area contributed by atoms with Crippen molar-refractivity contribution in [1.82, 2.24) is 0 Å². The third kappa shape index (κ3) is 1.93. The molecule has 0 amide bonds. The van der Waals surface area contributed by atoms with Crippen LogP contribution in [0.15, 0.2) is 0 Å². The summed E-state index contributed by atoms with van der Waals surface area (Å²) in [5.41, 5.74) is 0. The molecule has 82 valence electrons. The summed E-state index contributed by atoms with van der Waals surface area (Å²) in [6.45, 7) is 4.09. The van der Waals surface area contributed by atoms with Crippen LogP contribution in [0.5, 0.6) is 0 Å². The molecule has 0 aromatic rings. The molecule has 2 rings (SSSR count). The van der Waals surface area contributed by atoms with Crippen LogP contribution in [0.2, 0.25) is 0 Å². The summed E-state index contributed by atoms with van der Waals surface area (Å²) < 4.78 is 16.7. The van der Waals surface area contributed by atoms with Crippen LogP contribution in [0, 0.1) is 5.92 Å². The molecule has 2 unspecified atom stereocenters. The van der Waals surface area contributed by atoms with Gasteiger partial charge in [0.1, 0.15) is 6.10 Å². The van der Waals surface area contributed by atoms with Gasteiger partial charge < -0.3 is 19.3 Å². The minimum Gasteiger partial charge on any atom is -0.394 e. The Hall–Kier alpha value is -0.160. The van der Waals surface area contributed by atoms with Gasteiger partial charge in [-0.05, 0) is 19.8 Å². The van der Waals surface area contributed by atoms with Gasteiger partial charge in [-0.1, -0.05) is 0 Å². The molecule has 4 nitrogen and oxygen atoms in total. The lowest BCUT2D eigenvalue weighted by Crippen LogP contribution is -2.40. The second-order valence-corrected chi connectivity index (χ2v) is 4.14. The van der Waals surface area contributed by atoms with E-state index in [4.69, 9.17) is 19.3 Å². The van der Waals surface area contributed by atoms with Gasteiger partial charge in [0.2, 0.25) is 0 Å². The molecule has 0 radical (unpaired) electrons. The Kier molecular flexibility index (Phi) is 3.07. The molecule has 4 heteroatoms. The van der Waals surface area contributed by atoms with Gasteiger partial charge in [-0.2, -0.15) is 0 Å². The molecule has 2 atom stereocenters. The maximum Gasteiger partial charge on any atom is 0.169 e. The van der Waals surface area contributed by atoms with Gasteiger partial charge >= 0.3 is 0 Å². The van der Waals surface area contributed by atoms with E-state index in [0.717, 1.165) is 26.1 Å². The Morgan fingerprint density at radius 2 is 2.07 bits per heavy atom. The molecule has 2 fully saturated rings. The van der Waals surface area contributed by atoms with Crippen molar-refractivity contribution in [1.29, 1.82) is 0 Å². The zero-order valence-corrected chi connectivity index (χ0v) is 8.57. The standard InChI is InChI=1S/C10H18O4/c1-10(8-2-4-12-5-3-8)13-7-9(6-11)14-10/h8-9,11H,2-7H2,1H3. The molecule has 2 heterocycles. The van der Waals surface area contributed by atoms with Gasteiger partial charge in [-0.25, -0.2) is 0 Å². The number of aliphatic hydroxyl groups excluding tert-OH is 1. The summed E-state index contributed by atoms with van der Waals surface area (Å²) in [5.74, 6) is -0.107. The molecular weight excluding hydrogens is 184 g/mol. The molecule has 1 N–H and O–H groups in total. The Labute approximate surface area is 84.1 Å². The van der Waals surface area contributed by atoms with E-state index in [2.05, 4.69) is 0 Å². The first-order valence-electron chi connectivity index (χ1n) is 5.25. The third-order valence-electron chi connectivity index (χ3n) is 3.12. The van der Waals surface area contributed by atoms with E-state index in [1.165, 1.54) is 0 Å². The van der Waals surface area contributed by atoms with Crippen LogP contribution in [0.3, 0.4) is 0 Å². The highest BCUT2D eigenvalue weighted by atomic mass is 16.7. The predicted molar refractivity (Wildman–Crippen MR) is 49.9 cm³/mol. The zero-order valence-electron chi connectivity index (χ0n) is 8.57. The molecular formula is C10H18O4. The smallest absolute Gasteiger partial charge is 0.169 e. The number of rotatable bonds is 2. The van der Waals surface area contributed by atoms with Gasteiger partial charge in [0.15, 0.2) is 5.79 Å². The second kappa shape index (κ2) is 4.14. The normalized spacial score (nSPS) is 40.3. The molecule has 0 aliphatic carbocycles. The number of hydrogen-bond donors (Lipinski definition) is 1. The fourth-order valence-electron chi connectivity index (χ4n) is 2.18. The highest BCUT2D eigenvalue weighted by molar-refractivity contribution is 4.83. The largest absolute Gasteiger partial charge is 0.394 e. The number of aliphatic hydroxyl groups is 1. The van der Waals surface area contributed by atoms with Gasteiger partial charge in [0.25, 0.3) is 0 Å². The van der Waals surface area contributed by atoms with E-state index >= 15 is 0 Å². The predicted octanol–water partition coefficient (Wildman–Crippen LogP) is 0.537. The van der Waals surface area contributed by atoms with E-state index in [1.807, 2.05) is 6.92 Å². The van der Waals surface area contributed by atoms with Crippen LogP contribution in [-0.4, -0.2) is 43.4 Å². The molecule has 0 spiro atoms. The average molecular weight is 202 g/mol. The lowest BCUT2D eigenvalue weighted by atomic mass is 9.92. The van der Waals surface area contributed by atoms with E-state index in [0.29, 0.717) is 12.5 Å². The van der Waals surface area contributed by atoms with Crippen LogP contribution >= 0.6 is 0 Å². The van der Waals surface area contributed by atoms with E-state index in [1.54, 1.807) is 0 Å². The summed E-state index contributed by atoms with van der Waals surface area (Å²) in [5, 5.41) is 8.97. The van der Waals surface area contributed by atoms with Crippen LogP contribution in [0.4, 0.5) is 0 Å². The van der Waals surface area contributed by atoms with Crippen molar-refractivity contribution in [3.63, 3.8) is 0 Å². The van der Waals surface area contributed by atoms with E-state index < -0.39 is 5.79 Å².